The van der Waals surface area contributed by atoms with Gasteiger partial charge in [-0.2, -0.15) is 0 Å². The average molecular weight is 368 g/mol. The van der Waals surface area contributed by atoms with Gasteiger partial charge in [0.1, 0.15) is 5.69 Å². The first kappa shape index (κ1) is 18.5. The molecule has 1 aromatic heterocycles. The summed E-state index contributed by atoms with van der Waals surface area (Å²) in [4.78, 5) is 16.5. The monoisotopic (exact) mass is 368 g/mol. The van der Waals surface area contributed by atoms with Crippen LogP contribution in [-0.2, 0) is 23.0 Å². The van der Waals surface area contributed by atoms with Gasteiger partial charge in [-0.15, -0.1) is 11.3 Å². The minimum atomic E-state index is -3.44. The van der Waals surface area contributed by atoms with Gasteiger partial charge in [-0.25, -0.2) is 17.7 Å². The lowest BCUT2D eigenvalue weighted by Crippen LogP contribution is -2.24. The van der Waals surface area contributed by atoms with Gasteiger partial charge in [-0.3, -0.25) is 4.79 Å². The molecular formula is C15H20N4O3S2. The van der Waals surface area contributed by atoms with Crippen molar-refractivity contribution in [2.45, 2.75) is 17.9 Å². The molecule has 0 atom stereocenters. The minimum Gasteiger partial charge on any atom is -0.347 e. The highest BCUT2D eigenvalue weighted by atomic mass is 32.2. The Hall–Kier alpha value is -1.81. The lowest BCUT2D eigenvalue weighted by atomic mass is 10.2. The lowest BCUT2D eigenvalue weighted by molar-refractivity contribution is 0.0946. The molecule has 0 saturated carbocycles. The average Bonchev–Trinajstić information content (AvgIpc) is 3.02. The van der Waals surface area contributed by atoms with Crippen LogP contribution in [0, 0.1) is 0 Å². The normalized spacial score (nSPS) is 11.7. The van der Waals surface area contributed by atoms with Gasteiger partial charge in [-0.05, 0) is 24.2 Å². The van der Waals surface area contributed by atoms with Gasteiger partial charge in [0.2, 0.25) is 10.0 Å². The molecule has 0 spiro atoms. The van der Waals surface area contributed by atoms with Gasteiger partial charge in [0.25, 0.3) is 5.91 Å². The highest BCUT2D eigenvalue weighted by Gasteiger charge is 2.16. The van der Waals surface area contributed by atoms with Crippen LogP contribution in [0.2, 0.25) is 0 Å². The molecule has 24 heavy (non-hydrogen) atoms. The quantitative estimate of drug-likeness (QED) is 0.753. The number of hydrogen-bond donors (Lipinski definition) is 2. The number of sulfonamides is 1. The molecule has 1 amide bonds. The summed E-state index contributed by atoms with van der Waals surface area (Å²) in [6.45, 7) is 0.793. The van der Waals surface area contributed by atoms with Crippen molar-refractivity contribution in [1.82, 2.24) is 14.6 Å². The lowest BCUT2D eigenvalue weighted by Gasteiger charge is -2.11. The van der Waals surface area contributed by atoms with Gasteiger partial charge in [0.15, 0.2) is 0 Å². The van der Waals surface area contributed by atoms with E-state index in [4.69, 9.17) is 5.73 Å². The molecule has 0 radical (unpaired) electrons. The molecular weight excluding hydrogens is 348 g/mol. The Morgan fingerprint density at radius 1 is 1.29 bits per heavy atom. The van der Waals surface area contributed by atoms with E-state index >= 15 is 0 Å². The van der Waals surface area contributed by atoms with Crippen LogP contribution in [0.1, 0.15) is 21.1 Å². The molecule has 3 N–H and O–H groups in total. The number of thiazole rings is 1. The zero-order valence-corrected chi connectivity index (χ0v) is 15.2. The minimum absolute atomic E-state index is 0.216. The van der Waals surface area contributed by atoms with Crippen molar-refractivity contribution >= 4 is 27.3 Å². The third-order valence-corrected chi connectivity index (χ3v) is 6.04. The van der Waals surface area contributed by atoms with Crippen LogP contribution in [0.3, 0.4) is 0 Å². The van der Waals surface area contributed by atoms with Gasteiger partial charge in [0.05, 0.1) is 9.90 Å². The first-order chi connectivity index (χ1) is 11.3. The van der Waals surface area contributed by atoms with E-state index in [1.165, 1.54) is 37.6 Å². The molecule has 0 aliphatic heterocycles. The second-order valence-electron chi connectivity index (χ2n) is 5.28. The van der Waals surface area contributed by atoms with Crippen LogP contribution in [0.25, 0.3) is 0 Å². The molecule has 0 saturated heterocycles. The predicted octanol–water partition coefficient (Wildman–Crippen LogP) is 0.825. The van der Waals surface area contributed by atoms with Crippen LogP contribution in [0.5, 0.6) is 0 Å². The summed E-state index contributed by atoms with van der Waals surface area (Å²) in [5, 5.41) is 5.30. The largest absolute Gasteiger partial charge is 0.347 e. The van der Waals surface area contributed by atoms with Crippen molar-refractivity contribution in [3.63, 3.8) is 0 Å². The number of amides is 1. The van der Waals surface area contributed by atoms with Gasteiger partial charge in [-0.1, -0.05) is 12.1 Å². The summed E-state index contributed by atoms with van der Waals surface area (Å²) in [6.07, 6.45) is 0.653. The van der Waals surface area contributed by atoms with Crippen LogP contribution < -0.4 is 11.1 Å². The number of benzene rings is 1. The fourth-order valence-corrected chi connectivity index (χ4v) is 3.61. The maximum absolute atomic E-state index is 12.1. The Morgan fingerprint density at radius 3 is 2.54 bits per heavy atom. The molecule has 1 heterocycles. The van der Waals surface area contributed by atoms with Gasteiger partial charge < -0.3 is 11.1 Å². The Labute approximate surface area is 145 Å². The van der Waals surface area contributed by atoms with E-state index < -0.39 is 10.0 Å². The first-order valence-electron chi connectivity index (χ1n) is 7.28. The number of nitrogens with two attached hydrogens (primary N) is 1. The number of nitrogens with one attached hydrogen (secondary N) is 1. The Morgan fingerprint density at radius 2 is 1.96 bits per heavy atom. The van der Waals surface area contributed by atoms with Gasteiger partial charge >= 0.3 is 0 Å². The van der Waals surface area contributed by atoms with Crippen LogP contribution in [0.15, 0.2) is 34.5 Å². The van der Waals surface area contributed by atoms with E-state index in [9.17, 15) is 13.2 Å². The van der Waals surface area contributed by atoms with E-state index in [1.807, 2.05) is 0 Å². The van der Waals surface area contributed by atoms with E-state index in [0.29, 0.717) is 25.2 Å². The number of carbonyl (C=O) groups is 1. The number of nitrogens with zero attached hydrogens (tertiary/aromatic N) is 2. The maximum atomic E-state index is 12.1. The molecule has 0 aliphatic rings. The van der Waals surface area contributed by atoms with Crippen molar-refractivity contribution in [1.29, 1.82) is 0 Å². The summed E-state index contributed by atoms with van der Waals surface area (Å²) < 4.78 is 25.1. The van der Waals surface area contributed by atoms with Crippen molar-refractivity contribution < 1.29 is 13.2 Å². The first-order valence-corrected chi connectivity index (χ1v) is 9.60. The van der Waals surface area contributed by atoms with E-state index in [-0.39, 0.29) is 10.8 Å². The van der Waals surface area contributed by atoms with Crippen LogP contribution in [-0.4, -0.2) is 44.3 Å². The molecule has 2 rings (SSSR count). The zero-order valence-electron chi connectivity index (χ0n) is 13.5. The Balaban J connectivity index is 1.98. The topological polar surface area (TPSA) is 105 Å². The maximum Gasteiger partial charge on any atom is 0.271 e. The summed E-state index contributed by atoms with van der Waals surface area (Å²) in [5.41, 5.74) is 6.64. The molecule has 0 unspecified atom stereocenters. The van der Waals surface area contributed by atoms with Crippen molar-refractivity contribution in [2.75, 3.05) is 20.6 Å². The molecule has 0 bridgehead atoms. The standard InChI is InChI=1S/C15H20N4O3S2/c1-19(2)24(21,22)12-5-3-11(4-6-12)9-17-15(20)13-10-23-14(18-13)7-8-16/h3-6,10H,7-9,16H2,1-2H3,(H,17,20). The van der Waals surface area contributed by atoms with Crippen LogP contribution in [0.4, 0.5) is 0 Å². The van der Waals surface area contributed by atoms with Crippen molar-refractivity contribution in [3.8, 4) is 0 Å². The Kier molecular flexibility index (Phi) is 6.05. The second-order valence-corrected chi connectivity index (χ2v) is 8.37. The molecule has 7 nitrogen and oxygen atoms in total. The molecule has 9 heteroatoms. The number of rotatable bonds is 7. The van der Waals surface area contributed by atoms with Gasteiger partial charge in [0, 0.05) is 32.4 Å². The highest BCUT2D eigenvalue weighted by Crippen LogP contribution is 2.14. The SMILES string of the molecule is CN(C)S(=O)(=O)c1ccc(CNC(=O)c2csc(CCN)n2)cc1. The third kappa shape index (κ3) is 4.38. The summed E-state index contributed by atoms with van der Waals surface area (Å²) in [7, 11) is -0.479. The second kappa shape index (κ2) is 7.84. The molecule has 0 aliphatic carbocycles. The fraction of sp³-hybridized carbons (Fsp3) is 0.333. The van der Waals surface area contributed by atoms with Crippen molar-refractivity contribution in [3.05, 3.63) is 45.9 Å². The number of carbonyl (C=O) groups excluding carboxylic acids is 1. The highest BCUT2D eigenvalue weighted by molar-refractivity contribution is 7.89. The predicted molar refractivity (Wildman–Crippen MR) is 93.4 cm³/mol. The van der Waals surface area contributed by atoms with Crippen molar-refractivity contribution in [2.24, 2.45) is 5.73 Å². The summed E-state index contributed by atoms with van der Waals surface area (Å²) in [6, 6.07) is 6.41. The van der Waals surface area contributed by atoms with E-state index in [1.54, 1.807) is 17.5 Å². The summed E-state index contributed by atoms with van der Waals surface area (Å²) >= 11 is 1.41. The van der Waals surface area contributed by atoms with Crippen LogP contribution >= 0.6 is 11.3 Å². The number of aromatic nitrogens is 1. The smallest absolute Gasteiger partial charge is 0.271 e. The molecule has 130 valence electrons. The number of hydrogen-bond acceptors (Lipinski definition) is 6. The fourth-order valence-electron chi connectivity index (χ4n) is 1.92. The van der Waals surface area contributed by atoms with E-state index in [2.05, 4.69) is 10.3 Å². The zero-order chi connectivity index (χ0) is 17.7. The Bertz CT molecular complexity index is 798. The van der Waals surface area contributed by atoms with E-state index in [0.717, 1.165) is 14.9 Å². The third-order valence-electron chi connectivity index (χ3n) is 3.30. The summed E-state index contributed by atoms with van der Waals surface area (Å²) in [5.74, 6) is -0.264. The molecule has 2 aromatic rings. The molecule has 1 aromatic carbocycles. The molecule has 0 fully saturated rings.